The molecule has 1 aromatic heterocycles. The molecule has 0 atom stereocenters. The van der Waals surface area contributed by atoms with Crippen LogP contribution in [0.25, 0.3) is 11.0 Å². The predicted octanol–water partition coefficient (Wildman–Crippen LogP) is 4.92. The fourth-order valence-electron chi connectivity index (χ4n) is 2.68. The molecular formula is C22H16N2O2. The van der Waals surface area contributed by atoms with E-state index in [0.717, 1.165) is 11.1 Å². The molecule has 4 heteroatoms. The van der Waals surface area contributed by atoms with E-state index in [9.17, 15) is 4.79 Å². The Morgan fingerprint density at radius 1 is 0.808 bits per heavy atom. The van der Waals surface area contributed by atoms with E-state index in [4.69, 9.17) is 4.42 Å². The van der Waals surface area contributed by atoms with Crippen molar-refractivity contribution in [3.8, 4) is 0 Å². The molecular weight excluding hydrogens is 324 g/mol. The van der Waals surface area contributed by atoms with Crippen LogP contribution in [0.1, 0.15) is 10.6 Å². The van der Waals surface area contributed by atoms with Crippen LogP contribution in [0.15, 0.2) is 100 Å². The van der Waals surface area contributed by atoms with E-state index in [1.807, 2.05) is 84.9 Å². The van der Waals surface area contributed by atoms with Gasteiger partial charge in [-0.15, -0.1) is 0 Å². The summed E-state index contributed by atoms with van der Waals surface area (Å²) in [6, 6.07) is 28.1. The zero-order valence-electron chi connectivity index (χ0n) is 13.9. The topological polar surface area (TPSA) is 54.6 Å². The number of amides is 1. The molecule has 26 heavy (non-hydrogen) atoms. The molecule has 1 amide bonds. The van der Waals surface area contributed by atoms with Gasteiger partial charge in [-0.1, -0.05) is 48.5 Å². The highest BCUT2D eigenvalue weighted by Gasteiger charge is 2.11. The first-order valence-corrected chi connectivity index (χ1v) is 8.29. The number of benzene rings is 3. The number of nitrogens with zero attached hydrogens (tertiary/aromatic N) is 1. The maximum Gasteiger partial charge on any atom is 0.291 e. The predicted molar refractivity (Wildman–Crippen MR) is 102 cm³/mol. The van der Waals surface area contributed by atoms with E-state index < -0.39 is 0 Å². The van der Waals surface area contributed by atoms with Gasteiger partial charge < -0.3 is 9.73 Å². The molecule has 0 unspecified atom stereocenters. The van der Waals surface area contributed by atoms with Gasteiger partial charge in [0.25, 0.3) is 5.91 Å². The highest BCUT2D eigenvalue weighted by molar-refractivity contribution is 6.02. The smallest absolute Gasteiger partial charge is 0.291 e. The number of nitrogens with one attached hydrogen (secondary N) is 1. The lowest BCUT2D eigenvalue weighted by molar-refractivity contribution is 0.0997. The minimum atomic E-state index is -0.313. The van der Waals surface area contributed by atoms with Gasteiger partial charge in [-0.25, -0.2) is 4.99 Å². The standard InChI is InChI=1S/C22H16N2O2/c25-22(24-17-11-5-2-6-12-17)21-15-19(23-16-9-3-1-4-10-16)18-13-7-8-14-20(18)26-21/h1-15H,(H,24,25). The lowest BCUT2D eigenvalue weighted by Gasteiger charge is -2.06. The van der Waals surface area contributed by atoms with Crippen LogP contribution in [0.3, 0.4) is 0 Å². The highest BCUT2D eigenvalue weighted by atomic mass is 16.3. The molecule has 0 bridgehead atoms. The number of para-hydroxylation sites is 3. The van der Waals surface area contributed by atoms with Crippen LogP contribution >= 0.6 is 0 Å². The van der Waals surface area contributed by atoms with Crippen molar-refractivity contribution >= 4 is 28.3 Å². The third kappa shape index (κ3) is 3.39. The van der Waals surface area contributed by atoms with Crippen LogP contribution < -0.4 is 10.7 Å². The van der Waals surface area contributed by atoms with Crippen molar-refractivity contribution in [2.75, 3.05) is 5.32 Å². The van der Waals surface area contributed by atoms with Crippen molar-refractivity contribution in [3.63, 3.8) is 0 Å². The summed E-state index contributed by atoms with van der Waals surface area (Å²) >= 11 is 0. The molecule has 3 aromatic carbocycles. The van der Waals surface area contributed by atoms with Crippen LogP contribution in [0.5, 0.6) is 0 Å². The maximum atomic E-state index is 12.6. The molecule has 4 rings (SSSR count). The van der Waals surface area contributed by atoms with Gasteiger partial charge in [0, 0.05) is 17.1 Å². The number of carbonyl (C=O) groups is 1. The Balaban J connectivity index is 1.81. The Kier molecular flexibility index (Phi) is 4.31. The summed E-state index contributed by atoms with van der Waals surface area (Å²) in [5.41, 5.74) is 2.14. The van der Waals surface area contributed by atoms with E-state index >= 15 is 0 Å². The number of fused-ring (bicyclic) bond motifs is 1. The van der Waals surface area contributed by atoms with Gasteiger partial charge in [-0.05, 0) is 36.4 Å². The Labute approximate surface area is 150 Å². The average molecular weight is 340 g/mol. The second kappa shape index (κ2) is 7.07. The van der Waals surface area contributed by atoms with Gasteiger partial charge in [0.05, 0.1) is 11.0 Å². The van der Waals surface area contributed by atoms with Crippen LogP contribution in [-0.4, -0.2) is 5.91 Å². The van der Waals surface area contributed by atoms with Crippen molar-refractivity contribution in [1.82, 2.24) is 0 Å². The van der Waals surface area contributed by atoms with Crippen LogP contribution in [0.4, 0.5) is 11.4 Å². The fraction of sp³-hybridized carbons (Fsp3) is 0. The summed E-state index contributed by atoms with van der Waals surface area (Å²) in [6.45, 7) is 0. The van der Waals surface area contributed by atoms with Crippen LogP contribution in [0, 0.1) is 0 Å². The van der Waals surface area contributed by atoms with Gasteiger partial charge >= 0.3 is 0 Å². The van der Waals surface area contributed by atoms with E-state index in [-0.39, 0.29) is 11.7 Å². The molecule has 1 N–H and O–H groups in total. The quantitative estimate of drug-likeness (QED) is 0.576. The molecule has 0 spiro atoms. The molecule has 0 saturated heterocycles. The van der Waals surface area contributed by atoms with E-state index in [1.165, 1.54) is 0 Å². The monoisotopic (exact) mass is 340 g/mol. The first-order valence-electron chi connectivity index (χ1n) is 8.29. The molecule has 1 heterocycles. The summed E-state index contributed by atoms with van der Waals surface area (Å²) < 4.78 is 5.80. The summed E-state index contributed by atoms with van der Waals surface area (Å²) in [5.74, 6) is -0.103. The van der Waals surface area contributed by atoms with Crippen molar-refractivity contribution in [3.05, 3.63) is 102 Å². The summed E-state index contributed by atoms with van der Waals surface area (Å²) in [6.07, 6.45) is 0. The van der Waals surface area contributed by atoms with E-state index in [1.54, 1.807) is 6.07 Å². The number of rotatable bonds is 3. The van der Waals surface area contributed by atoms with Gasteiger partial charge in [-0.3, -0.25) is 4.79 Å². The van der Waals surface area contributed by atoms with E-state index in [2.05, 4.69) is 10.3 Å². The molecule has 0 aliphatic rings. The highest BCUT2D eigenvalue weighted by Crippen LogP contribution is 2.16. The minimum Gasteiger partial charge on any atom is -0.451 e. The molecule has 0 aliphatic heterocycles. The molecule has 4 aromatic rings. The SMILES string of the molecule is O=C(Nc1ccccc1)c1cc(=Nc2ccccc2)c2ccccc2o1. The Morgan fingerprint density at radius 3 is 2.23 bits per heavy atom. The van der Waals surface area contributed by atoms with Gasteiger partial charge in [0.15, 0.2) is 5.76 Å². The number of hydrogen-bond donors (Lipinski definition) is 1. The normalized spacial score (nSPS) is 11.5. The van der Waals surface area contributed by atoms with Gasteiger partial charge in [0.1, 0.15) is 5.58 Å². The Bertz CT molecular complexity index is 1120. The lowest BCUT2D eigenvalue weighted by atomic mass is 10.2. The average Bonchev–Trinajstić information content (AvgIpc) is 2.69. The fourth-order valence-corrected chi connectivity index (χ4v) is 2.68. The van der Waals surface area contributed by atoms with E-state index in [0.29, 0.717) is 16.6 Å². The van der Waals surface area contributed by atoms with Crippen LogP contribution in [-0.2, 0) is 0 Å². The second-order valence-corrected chi connectivity index (χ2v) is 5.76. The Hall–Kier alpha value is -3.66. The summed E-state index contributed by atoms with van der Waals surface area (Å²) in [4.78, 5) is 17.3. The minimum absolute atomic E-state index is 0.210. The van der Waals surface area contributed by atoms with Crippen molar-refractivity contribution in [1.29, 1.82) is 0 Å². The zero-order chi connectivity index (χ0) is 17.8. The maximum absolute atomic E-state index is 12.6. The molecule has 4 nitrogen and oxygen atoms in total. The van der Waals surface area contributed by atoms with Crippen molar-refractivity contribution in [2.24, 2.45) is 4.99 Å². The third-order valence-electron chi connectivity index (χ3n) is 3.91. The molecule has 0 saturated carbocycles. The number of anilines is 1. The zero-order valence-corrected chi connectivity index (χ0v) is 13.9. The Morgan fingerprint density at radius 2 is 1.46 bits per heavy atom. The first kappa shape index (κ1) is 15.8. The first-order chi connectivity index (χ1) is 12.8. The van der Waals surface area contributed by atoms with Gasteiger partial charge in [0.2, 0.25) is 0 Å². The van der Waals surface area contributed by atoms with Gasteiger partial charge in [-0.2, -0.15) is 0 Å². The molecule has 0 fully saturated rings. The number of hydrogen-bond acceptors (Lipinski definition) is 3. The second-order valence-electron chi connectivity index (χ2n) is 5.76. The summed E-state index contributed by atoms with van der Waals surface area (Å²) in [5, 5.41) is 4.38. The molecule has 0 radical (unpaired) electrons. The van der Waals surface area contributed by atoms with Crippen LogP contribution in [0.2, 0.25) is 0 Å². The lowest BCUT2D eigenvalue weighted by Crippen LogP contribution is -2.15. The molecule has 126 valence electrons. The number of carbonyl (C=O) groups excluding carboxylic acids is 1. The van der Waals surface area contributed by atoms with Crippen molar-refractivity contribution in [2.45, 2.75) is 0 Å². The largest absolute Gasteiger partial charge is 0.451 e. The molecule has 0 aliphatic carbocycles. The van der Waals surface area contributed by atoms with Crippen molar-refractivity contribution < 1.29 is 9.21 Å². The summed E-state index contributed by atoms with van der Waals surface area (Å²) in [7, 11) is 0. The third-order valence-corrected chi connectivity index (χ3v) is 3.91.